The summed E-state index contributed by atoms with van der Waals surface area (Å²) in [5.74, 6) is 2.49. The van der Waals surface area contributed by atoms with E-state index in [1.54, 1.807) is 5.56 Å². The van der Waals surface area contributed by atoms with Crippen molar-refractivity contribution >= 4 is 11.3 Å². The summed E-state index contributed by atoms with van der Waals surface area (Å²) in [6.07, 6.45) is 2.80. The predicted octanol–water partition coefficient (Wildman–Crippen LogP) is 3.80. The van der Waals surface area contributed by atoms with E-state index in [-0.39, 0.29) is 0 Å². The van der Waals surface area contributed by atoms with Crippen LogP contribution in [-0.2, 0) is 0 Å². The highest BCUT2D eigenvalue weighted by molar-refractivity contribution is 7.10. The molecule has 0 amide bonds. The average molecular weight is 237 g/mol. The molecule has 16 heavy (non-hydrogen) atoms. The lowest BCUT2D eigenvalue weighted by molar-refractivity contribution is 0.243. The third kappa shape index (κ3) is 2.67. The van der Waals surface area contributed by atoms with E-state index in [9.17, 15) is 0 Å². The second-order valence-electron chi connectivity index (χ2n) is 5.43. The van der Waals surface area contributed by atoms with Gasteiger partial charge in [-0.15, -0.1) is 11.3 Å². The van der Waals surface area contributed by atoms with Gasteiger partial charge >= 0.3 is 0 Å². The molecule has 1 aromatic heterocycles. The maximum atomic E-state index is 3.60. The van der Waals surface area contributed by atoms with Gasteiger partial charge in [-0.2, -0.15) is 0 Å². The van der Waals surface area contributed by atoms with E-state index >= 15 is 0 Å². The minimum Gasteiger partial charge on any atom is -0.316 e. The fraction of sp³-hybridized carbons (Fsp3) is 0.714. The van der Waals surface area contributed by atoms with Crippen molar-refractivity contribution in [3.63, 3.8) is 0 Å². The first-order valence-electron chi connectivity index (χ1n) is 6.43. The minimum absolute atomic E-state index is 0.765. The van der Waals surface area contributed by atoms with Crippen molar-refractivity contribution in [2.45, 2.75) is 39.5 Å². The smallest absolute Gasteiger partial charge is 0.00491 e. The highest BCUT2D eigenvalue weighted by Gasteiger charge is 2.32. The summed E-state index contributed by atoms with van der Waals surface area (Å²) in [5.41, 5.74) is 1.62. The van der Waals surface area contributed by atoms with Crippen molar-refractivity contribution in [3.05, 3.63) is 21.9 Å². The van der Waals surface area contributed by atoms with Gasteiger partial charge in [0.15, 0.2) is 0 Å². The van der Waals surface area contributed by atoms with Gasteiger partial charge in [0.05, 0.1) is 0 Å². The van der Waals surface area contributed by atoms with Crippen LogP contribution in [0.4, 0.5) is 0 Å². The summed E-state index contributed by atoms with van der Waals surface area (Å²) in [7, 11) is 0. The molecule has 1 heterocycles. The van der Waals surface area contributed by atoms with E-state index in [1.807, 2.05) is 11.3 Å². The van der Waals surface area contributed by atoms with Crippen LogP contribution in [0.3, 0.4) is 0 Å². The lowest BCUT2D eigenvalue weighted by atomic mass is 9.70. The number of rotatable bonds is 5. The molecule has 1 fully saturated rings. The van der Waals surface area contributed by atoms with Gasteiger partial charge in [-0.3, -0.25) is 0 Å². The molecule has 2 rings (SSSR count). The van der Waals surface area contributed by atoms with Gasteiger partial charge in [0, 0.05) is 4.88 Å². The topological polar surface area (TPSA) is 12.0 Å². The predicted molar refractivity (Wildman–Crippen MR) is 72.2 cm³/mol. The molecule has 1 aliphatic carbocycles. The number of hydrogen-bond donors (Lipinski definition) is 1. The van der Waals surface area contributed by atoms with Crippen LogP contribution in [0.1, 0.15) is 43.0 Å². The Balaban J connectivity index is 1.82. The first kappa shape index (κ1) is 12.1. The van der Waals surface area contributed by atoms with Crippen LogP contribution in [0.15, 0.2) is 11.4 Å². The minimum atomic E-state index is 0.765. The maximum absolute atomic E-state index is 3.60. The Morgan fingerprint density at radius 2 is 2.25 bits per heavy atom. The Labute approximate surface area is 103 Å². The van der Waals surface area contributed by atoms with Gasteiger partial charge in [0.2, 0.25) is 0 Å². The summed E-state index contributed by atoms with van der Waals surface area (Å²) in [4.78, 5) is 1.53. The van der Waals surface area contributed by atoms with Crippen molar-refractivity contribution in [1.82, 2.24) is 5.32 Å². The molecule has 1 saturated carbocycles. The van der Waals surface area contributed by atoms with Crippen LogP contribution >= 0.6 is 11.3 Å². The zero-order valence-corrected chi connectivity index (χ0v) is 11.4. The molecule has 0 aromatic carbocycles. The van der Waals surface area contributed by atoms with Gasteiger partial charge < -0.3 is 5.32 Å². The molecule has 2 atom stereocenters. The molecule has 0 spiro atoms. The SMILES string of the molecule is Cc1sccc1C1CCC1CNCC(C)C. The highest BCUT2D eigenvalue weighted by atomic mass is 32.1. The Morgan fingerprint density at radius 3 is 2.75 bits per heavy atom. The Kier molecular flexibility index (Phi) is 4.04. The van der Waals surface area contributed by atoms with Crippen molar-refractivity contribution in [2.24, 2.45) is 11.8 Å². The summed E-state index contributed by atoms with van der Waals surface area (Å²) in [6.45, 7) is 9.17. The number of thiophene rings is 1. The molecule has 1 N–H and O–H groups in total. The van der Waals surface area contributed by atoms with E-state index in [2.05, 4.69) is 37.5 Å². The molecule has 0 bridgehead atoms. The number of aryl methyl sites for hydroxylation is 1. The van der Waals surface area contributed by atoms with Crippen molar-refractivity contribution in [1.29, 1.82) is 0 Å². The van der Waals surface area contributed by atoms with E-state index < -0.39 is 0 Å². The number of hydrogen-bond acceptors (Lipinski definition) is 2. The fourth-order valence-electron chi connectivity index (χ4n) is 2.56. The van der Waals surface area contributed by atoms with Crippen LogP contribution in [0, 0.1) is 18.8 Å². The Morgan fingerprint density at radius 1 is 1.44 bits per heavy atom. The zero-order chi connectivity index (χ0) is 11.5. The molecule has 1 nitrogen and oxygen atoms in total. The van der Waals surface area contributed by atoms with Crippen LogP contribution in [0.25, 0.3) is 0 Å². The molecule has 1 aliphatic rings. The fourth-order valence-corrected chi connectivity index (χ4v) is 3.33. The van der Waals surface area contributed by atoms with Crippen molar-refractivity contribution < 1.29 is 0 Å². The lowest BCUT2D eigenvalue weighted by Gasteiger charge is -2.37. The maximum Gasteiger partial charge on any atom is 0.00491 e. The summed E-state index contributed by atoms with van der Waals surface area (Å²) < 4.78 is 0. The van der Waals surface area contributed by atoms with Crippen LogP contribution in [0.2, 0.25) is 0 Å². The molecule has 90 valence electrons. The molecule has 0 aliphatic heterocycles. The standard InChI is InChI=1S/C14H23NS/c1-10(2)8-15-9-12-4-5-14(12)13-6-7-16-11(13)3/h6-7,10,12,14-15H,4-5,8-9H2,1-3H3. The van der Waals surface area contributed by atoms with Crippen molar-refractivity contribution in [2.75, 3.05) is 13.1 Å². The third-order valence-corrected chi connectivity index (χ3v) is 4.54. The molecule has 0 saturated heterocycles. The van der Waals surface area contributed by atoms with Gasteiger partial charge in [-0.05, 0) is 67.6 Å². The highest BCUT2D eigenvalue weighted by Crippen LogP contribution is 2.44. The van der Waals surface area contributed by atoms with Gasteiger partial charge in [-0.1, -0.05) is 13.8 Å². The van der Waals surface area contributed by atoms with Gasteiger partial charge in [0.1, 0.15) is 0 Å². The lowest BCUT2D eigenvalue weighted by Crippen LogP contribution is -2.35. The van der Waals surface area contributed by atoms with Crippen molar-refractivity contribution in [3.8, 4) is 0 Å². The molecule has 2 heteroatoms. The first-order chi connectivity index (χ1) is 7.68. The zero-order valence-electron chi connectivity index (χ0n) is 10.6. The van der Waals surface area contributed by atoms with E-state index in [0.29, 0.717) is 0 Å². The normalized spacial score (nSPS) is 24.8. The Hall–Kier alpha value is -0.340. The van der Waals surface area contributed by atoms with Gasteiger partial charge in [0.25, 0.3) is 0 Å². The largest absolute Gasteiger partial charge is 0.316 e. The summed E-state index contributed by atoms with van der Waals surface area (Å²) in [6, 6.07) is 2.33. The molecular formula is C14H23NS. The summed E-state index contributed by atoms with van der Waals surface area (Å²) in [5, 5.41) is 5.84. The third-order valence-electron chi connectivity index (χ3n) is 3.68. The first-order valence-corrected chi connectivity index (χ1v) is 7.31. The second-order valence-corrected chi connectivity index (χ2v) is 6.55. The van der Waals surface area contributed by atoms with Crippen LogP contribution in [-0.4, -0.2) is 13.1 Å². The quantitative estimate of drug-likeness (QED) is 0.821. The monoisotopic (exact) mass is 237 g/mol. The number of nitrogens with one attached hydrogen (secondary N) is 1. The van der Waals surface area contributed by atoms with E-state index in [4.69, 9.17) is 0 Å². The second kappa shape index (κ2) is 5.33. The van der Waals surface area contributed by atoms with E-state index in [0.717, 1.165) is 24.3 Å². The molecular weight excluding hydrogens is 214 g/mol. The summed E-state index contributed by atoms with van der Waals surface area (Å²) >= 11 is 1.89. The average Bonchev–Trinajstić information content (AvgIpc) is 2.58. The molecule has 0 radical (unpaired) electrons. The molecule has 2 unspecified atom stereocenters. The Bertz CT molecular complexity index is 329. The van der Waals surface area contributed by atoms with Gasteiger partial charge in [-0.25, -0.2) is 0 Å². The van der Waals surface area contributed by atoms with Crippen LogP contribution in [0.5, 0.6) is 0 Å². The van der Waals surface area contributed by atoms with Crippen LogP contribution < -0.4 is 5.32 Å². The molecule has 1 aromatic rings. The van der Waals surface area contributed by atoms with E-state index in [1.165, 1.54) is 24.3 Å².